The average Bonchev–Trinajstić information content (AvgIpc) is 2.52. The van der Waals surface area contributed by atoms with Gasteiger partial charge in [0.1, 0.15) is 17.0 Å². The quantitative estimate of drug-likeness (QED) is 0.113. The summed E-state index contributed by atoms with van der Waals surface area (Å²) in [5, 5.41) is 11.0. The minimum Gasteiger partial charge on any atom is -0.462 e. The Hall–Kier alpha value is -2.91. The predicted molar refractivity (Wildman–Crippen MR) is 80.4 cm³/mol. The van der Waals surface area contributed by atoms with Crippen LogP contribution in [-0.2, 0) is 9.53 Å². The molecule has 0 atom stereocenters. The lowest BCUT2D eigenvalue weighted by Crippen LogP contribution is -2.22. The first-order valence-electron chi connectivity index (χ1n) is 6.96. The molecule has 0 N–H and O–H groups in total. The number of rotatable bonds is 6. The van der Waals surface area contributed by atoms with Gasteiger partial charge in [-0.3, -0.25) is 14.9 Å². The molecule has 0 spiro atoms. The number of nitro benzene ring substituents is 1. The highest BCUT2D eigenvalue weighted by Crippen LogP contribution is 2.32. The van der Waals surface area contributed by atoms with E-state index < -0.39 is 56.5 Å². The lowest BCUT2D eigenvalue weighted by molar-refractivity contribution is -0.388. The summed E-state index contributed by atoms with van der Waals surface area (Å²) in [5.74, 6) is -8.06. The van der Waals surface area contributed by atoms with Crippen LogP contribution in [0.1, 0.15) is 22.8 Å². The predicted octanol–water partition coefficient (Wildman–Crippen LogP) is 2.51. The van der Waals surface area contributed by atoms with Crippen molar-refractivity contribution in [2.24, 2.45) is 0 Å². The number of nitro groups is 1. The first-order valence-corrected chi connectivity index (χ1v) is 6.96. The minimum atomic E-state index is -1.99. The molecule has 0 aliphatic rings. The van der Waals surface area contributed by atoms with Crippen molar-refractivity contribution in [2.75, 3.05) is 20.7 Å². The van der Waals surface area contributed by atoms with Gasteiger partial charge < -0.3 is 9.64 Å². The number of nitrogens with zero attached hydrogens (tertiary/aromatic N) is 2. The van der Waals surface area contributed by atoms with Gasteiger partial charge >= 0.3 is 11.7 Å². The second kappa shape index (κ2) is 7.77. The van der Waals surface area contributed by atoms with Crippen LogP contribution in [0, 0.1) is 34.5 Å². The van der Waals surface area contributed by atoms with Gasteiger partial charge in [-0.1, -0.05) is 0 Å². The van der Waals surface area contributed by atoms with Crippen molar-refractivity contribution >= 4 is 17.4 Å². The maximum Gasteiger partial charge on any atom is 0.343 e. The van der Waals surface area contributed by atoms with Gasteiger partial charge in [0.15, 0.2) is 5.82 Å². The highest BCUT2D eigenvalue weighted by atomic mass is 19.2. The second-order valence-corrected chi connectivity index (χ2v) is 5.10. The SMILES string of the molecule is CCOC(=O)/C(=C/N(C)C)C(=O)c1c(F)c(C)c(F)c(F)c1[N+](=O)[O-]. The van der Waals surface area contributed by atoms with E-state index in [1.165, 1.54) is 25.9 Å². The minimum absolute atomic E-state index is 0.127. The molecule has 0 fully saturated rings. The number of Topliss-reactive ketones (excluding diaryl/α,β-unsaturated/α-hetero) is 1. The molecule has 1 aromatic rings. The molecule has 0 aliphatic heterocycles. The normalized spacial score (nSPS) is 11.2. The van der Waals surface area contributed by atoms with E-state index in [0.717, 1.165) is 13.1 Å². The number of halogens is 3. The second-order valence-electron chi connectivity index (χ2n) is 5.10. The third-order valence-electron chi connectivity index (χ3n) is 3.05. The Morgan fingerprint density at radius 3 is 2.20 bits per heavy atom. The number of hydrogen-bond donors (Lipinski definition) is 0. The summed E-state index contributed by atoms with van der Waals surface area (Å²) in [6, 6.07) is 0. The molecule has 1 rings (SSSR count). The molecule has 0 saturated carbocycles. The molecule has 7 nitrogen and oxygen atoms in total. The fraction of sp³-hybridized carbons (Fsp3) is 0.333. The van der Waals surface area contributed by atoms with Crippen LogP contribution in [0.4, 0.5) is 18.9 Å². The molecule has 10 heteroatoms. The van der Waals surface area contributed by atoms with Crippen LogP contribution in [0.5, 0.6) is 0 Å². The van der Waals surface area contributed by atoms with Crippen molar-refractivity contribution in [3.8, 4) is 0 Å². The molecule has 0 bridgehead atoms. The number of benzene rings is 1. The molecule has 136 valence electrons. The molecular weight excluding hydrogens is 345 g/mol. The third kappa shape index (κ3) is 3.95. The largest absolute Gasteiger partial charge is 0.462 e. The van der Waals surface area contributed by atoms with E-state index in [-0.39, 0.29) is 6.61 Å². The van der Waals surface area contributed by atoms with Gasteiger partial charge in [0, 0.05) is 25.9 Å². The maximum absolute atomic E-state index is 14.3. The lowest BCUT2D eigenvalue weighted by Gasteiger charge is -2.12. The lowest BCUT2D eigenvalue weighted by atomic mass is 9.98. The number of hydrogen-bond acceptors (Lipinski definition) is 6. The smallest absolute Gasteiger partial charge is 0.343 e. The summed E-state index contributed by atoms with van der Waals surface area (Å²) in [7, 11) is 2.85. The van der Waals surface area contributed by atoms with Gasteiger partial charge in [0.05, 0.1) is 11.5 Å². The van der Waals surface area contributed by atoms with Gasteiger partial charge in [-0.15, -0.1) is 0 Å². The van der Waals surface area contributed by atoms with E-state index in [4.69, 9.17) is 0 Å². The molecular formula is C15H15F3N2O5. The van der Waals surface area contributed by atoms with Crippen LogP contribution in [0.2, 0.25) is 0 Å². The van der Waals surface area contributed by atoms with Crippen LogP contribution < -0.4 is 0 Å². The Morgan fingerprint density at radius 2 is 1.76 bits per heavy atom. The van der Waals surface area contributed by atoms with Crippen LogP contribution in [0.15, 0.2) is 11.8 Å². The number of ether oxygens (including phenoxy) is 1. The number of esters is 1. The Bertz CT molecular complexity index is 775. The van der Waals surface area contributed by atoms with Gasteiger partial charge in [0.25, 0.3) is 0 Å². The van der Waals surface area contributed by atoms with E-state index in [1.54, 1.807) is 0 Å². The number of ketones is 1. The monoisotopic (exact) mass is 360 g/mol. The molecule has 0 unspecified atom stereocenters. The number of carbonyl (C=O) groups is 2. The van der Waals surface area contributed by atoms with Crippen LogP contribution in [-0.4, -0.2) is 42.3 Å². The van der Waals surface area contributed by atoms with Crippen molar-refractivity contribution < 1.29 is 32.4 Å². The zero-order chi connectivity index (χ0) is 19.5. The molecule has 0 aromatic heterocycles. The van der Waals surface area contributed by atoms with Gasteiger partial charge in [-0.2, -0.15) is 4.39 Å². The van der Waals surface area contributed by atoms with Crippen LogP contribution >= 0.6 is 0 Å². The van der Waals surface area contributed by atoms with Crippen LogP contribution in [0.25, 0.3) is 0 Å². The fourth-order valence-corrected chi connectivity index (χ4v) is 1.95. The van der Waals surface area contributed by atoms with Crippen molar-refractivity contribution in [1.82, 2.24) is 4.90 Å². The average molecular weight is 360 g/mol. The summed E-state index contributed by atoms with van der Waals surface area (Å²) in [5.41, 5.74) is -4.71. The van der Waals surface area contributed by atoms with E-state index in [9.17, 15) is 32.9 Å². The van der Waals surface area contributed by atoms with Gasteiger partial charge in [-0.25, -0.2) is 13.6 Å². The highest BCUT2D eigenvalue weighted by Gasteiger charge is 2.37. The van der Waals surface area contributed by atoms with Crippen LogP contribution in [0.3, 0.4) is 0 Å². The fourth-order valence-electron chi connectivity index (χ4n) is 1.95. The summed E-state index contributed by atoms with van der Waals surface area (Å²) in [4.78, 5) is 35.3. The third-order valence-corrected chi connectivity index (χ3v) is 3.05. The van der Waals surface area contributed by atoms with Crippen molar-refractivity contribution in [3.63, 3.8) is 0 Å². The standard InChI is InChI=1S/C15H15F3N2O5/c1-5-25-15(22)8(6-19(3)4)14(21)9-10(16)7(2)11(17)12(18)13(9)20(23)24/h6H,5H2,1-4H3/b8-6+. The zero-order valence-corrected chi connectivity index (χ0v) is 13.9. The van der Waals surface area contributed by atoms with E-state index in [2.05, 4.69) is 4.74 Å². The first kappa shape index (κ1) is 20.1. The summed E-state index contributed by atoms with van der Waals surface area (Å²) < 4.78 is 46.5. The zero-order valence-electron chi connectivity index (χ0n) is 13.9. The van der Waals surface area contributed by atoms with Crippen molar-refractivity contribution in [3.05, 3.63) is 50.5 Å². The summed E-state index contributed by atoms with van der Waals surface area (Å²) >= 11 is 0. The molecule has 0 amide bonds. The molecule has 0 saturated heterocycles. The first-order chi connectivity index (χ1) is 11.5. The molecule has 25 heavy (non-hydrogen) atoms. The summed E-state index contributed by atoms with van der Waals surface area (Å²) in [6.07, 6.45) is 0.945. The highest BCUT2D eigenvalue weighted by molar-refractivity contribution is 6.25. The molecule has 0 heterocycles. The van der Waals surface area contributed by atoms with Gasteiger partial charge in [-0.05, 0) is 13.8 Å². The Balaban J connectivity index is 3.76. The summed E-state index contributed by atoms with van der Waals surface area (Å²) in [6.45, 7) is 2.13. The van der Waals surface area contributed by atoms with Crippen molar-refractivity contribution in [2.45, 2.75) is 13.8 Å². The van der Waals surface area contributed by atoms with E-state index in [0.29, 0.717) is 0 Å². The topological polar surface area (TPSA) is 89.8 Å². The molecule has 1 aromatic carbocycles. The molecule has 0 radical (unpaired) electrons. The van der Waals surface area contributed by atoms with Gasteiger partial charge in [0.2, 0.25) is 11.6 Å². The van der Waals surface area contributed by atoms with E-state index in [1.807, 2.05) is 0 Å². The Labute approximate surface area is 140 Å². The number of carbonyl (C=O) groups excluding carboxylic acids is 2. The molecule has 0 aliphatic carbocycles. The maximum atomic E-state index is 14.3. The Morgan fingerprint density at radius 1 is 1.20 bits per heavy atom. The van der Waals surface area contributed by atoms with E-state index >= 15 is 0 Å². The Kier molecular flexibility index (Phi) is 6.26. The van der Waals surface area contributed by atoms with Crippen molar-refractivity contribution in [1.29, 1.82) is 0 Å².